The average molecular weight is 315 g/mol. The summed E-state index contributed by atoms with van der Waals surface area (Å²) in [6.07, 6.45) is 5.46. The maximum Gasteiger partial charge on any atom is 0.196 e. The summed E-state index contributed by atoms with van der Waals surface area (Å²) in [7, 11) is 4.48. The largest absolute Gasteiger partial charge is 0.477 e. The SMILES string of the molecule is CN1CC[C@]23c4c5ccc(OP)c4O[C@H]2C(=O)C=CC3[C@H]1C5. The summed E-state index contributed by atoms with van der Waals surface area (Å²) in [4.78, 5) is 15.0. The Morgan fingerprint density at radius 3 is 3.14 bits per heavy atom. The molecule has 5 atom stereocenters. The molecule has 0 amide bonds. The van der Waals surface area contributed by atoms with Crippen molar-refractivity contribution < 1.29 is 14.1 Å². The molecule has 0 N–H and O–H groups in total. The maximum absolute atomic E-state index is 12.5. The van der Waals surface area contributed by atoms with Crippen molar-refractivity contribution >= 4 is 15.2 Å². The van der Waals surface area contributed by atoms with Crippen LogP contribution in [0.5, 0.6) is 11.5 Å². The van der Waals surface area contributed by atoms with Gasteiger partial charge in [0.15, 0.2) is 23.4 Å². The first-order chi connectivity index (χ1) is 10.7. The standard InChI is InChI=1S/C17H18NO3P/c1-18-7-6-17-10-3-4-12(19)16(17)20-15-13(21-22)5-2-9(14(15)17)8-11(10)18/h2-5,10-11,16H,6-8,22H2,1H3/t10?,11-,16+,17+/m1/s1. The van der Waals surface area contributed by atoms with Gasteiger partial charge in [-0.15, -0.1) is 0 Å². The Balaban J connectivity index is 1.84. The van der Waals surface area contributed by atoms with Gasteiger partial charge in [0, 0.05) is 17.5 Å². The predicted octanol–water partition coefficient (Wildman–Crippen LogP) is 1.87. The van der Waals surface area contributed by atoms with Crippen molar-refractivity contribution in [3.63, 3.8) is 0 Å². The Bertz CT molecular complexity index is 731. The molecule has 1 fully saturated rings. The van der Waals surface area contributed by atoms with Crippen LogP contribution < -0.4 is 9.26 Å². The van der Waals surface area contributed by atoms with Crippen molar-refractivity contribution in [2.45, 2.75) is 30.4 Å². The third-order valence-corrected chi connectivity index (χ3v) is 6.37. The molecular formula is C17H18NO3P. The van der Waals surface area contributed by atoms with E-state index in [2.05, 4.69) is 33.6 Å². The van der Waals surface area contributed by atoms with Gasteiger partial charge >= 0.3 is 0 Å². The minimum atomic E-state index is -0.381. The molecule has 1 aromatic rings. The van der Waals surface area contributed by atoms with E-state index in [-0.39, 0.29) is 17.3 Å². The summed E-state index contributed by atoms with van der Waals surface area (Å²) in [6.45, 7) is 1.01. The quantitative estimate of drug-likeness (QED) is 0.742. The fourth-order valence-electron chi connectivity index (χ4n) is 5.16. The molecule has 0 aromatic heterocycles. The summed E-state index contributed by atoms with van der Waals surface area (Å²) in [6, 6.07) is 4.56. The number of hydrogen-bond donors (Lipinski definition) is 0. The average Bonchev–Trinajstić information content (AvgIpc) is 2.88. The van der Waals surface area contributed by atoms with Crippen LogP contribution in [0.2, 0.25) is 0 Å². The highest BCUT2D eigenvalue weighted by atomic mass is 31.0. The fraction of sp³-hybridized carbons (Fsp3) is 0.471. The van der Waals surface area contributed by atoms with E-state index in [1.165, 1.54) is 11.1 Å². The van der Waals surface area contributed by atoms with Crippen LogP contribution in [-0.2, 0) is 16.6 Å². The predicted molar refractivity (Wildman–Crippen MR) is 85.3 cm³/mol. The smallest absolute Gasteiger partial charge is 0.196 e. The van der Waals surface area contributed by atoms with Crippen LogP contribution in [0.4, 0.5) is 0 Å². The molecule has 1 saturated heterocycles. The van der Waals surface area contributed by atoms with E-state index in [0.29, 0.717) is 12.0 Å². The second-order valence-corrected chi connectivity index (χ2v) is 7.11. The molecule has 2 aliphatic carbocycles. The monoisotopic (exact) mass is 315 g/mol. The normalized spacial score (nSPS) is 37.7. The van der Waals surface area contributed by atoms with Gasteiger partial charge in [0.25, 0.3) is 0 Å². The van der Waals surface area contributed by atoms with E-state index in [1.807, 2.05) is 6.07 Å². The van der Waals surface area contributed by atoms with Gasteiger partial charge in [0.2, 0.25) is 0 Å². The molecule has 4 aliphatic rings. The summed E-state index contributed by atoms with van der Waals surface area (Å²) in [5.41, 5.74) is 2.37. The first kappa shape index (κ1) is 13.1. The summed E-state index contributed by atoms with van der Waals surface area (Å²) in [5.74, 6) is 1.96. The first-order valence-electron chi connectivity index (χ1n) is 7.79. The van der Waals surface area contributed by atoms with Crippen molar-refractivity contribution in [1.82, 2.24) is 4.90 Å². The van der Waals surface area contributed by atoms with Crippen molar-refractivity contribution in [2.24, 2.45) is 5.92 Å². The maximum atomic E-state index is 12.5. The number of ketones is 1. The molecule has 4 nitrogen and oxygen atoms in total. The lowest BCUT2D eigenvalue weighted by Crippen LogP contribution is -2.64. The zero-order valence-electron chi connectivity index (χ0n) is 12.4. The highest BCUT2D eigenvalue weighted by Crippen LogP contribution is 2.61. The van der Waals surface area contributed by atoms with Crippen molar-refractivity contribution in [1.29, 1.82) is 0 Å². The summed E-state index contributed by atoms with van der Waals surface area (Å²) >= 11 is 0. The molecule has 114 valence electrons. The number of likely N-dealkylation sites (tertiary alicyclic amines) is 1. The van der Waals surface area contributed by atoms with Gasteiger partial charge in [-0.1, -0.05) is 12.1 Å². The van der Waals surface area contributed by atoms with Crippen LogP contribution in [0.15, 0.2) is 24.3 Å². The molecule has 5 rings (SSSR count). The number of piperidine rings is 1. The second kappa shape index (κ2) is 4.12. The minimum absolute atomic E-state index is 0.0957. The van der Waals surface area contributed by atoms with E-state index >= 15 is 0 Å². The van der Waals surface area contributed by atoms with Crippen LogP contribution in [0.25, 0.3) is 0 Å². The van der Waals surface area contributed by atoms with Crippen LogP contribution in [0, 0.1) is 5.92 Å². The highest BCUT2D eigenvalue weighted by Gasteiger charge is 2.64. The van der Waals surface area contributed by atoms with E-state index in [1.54, 1.807) is 6.08 Å². The number of nitrogens with zero attached hydrogens (tertiary/aromatic N) is 1. The third-order valence-electron chi connectivity index (χ3n) is 6.11. The van der Waals surface area contributed by atoms with Crippen molar-refractivity contribution in [3.8, 4) is 11.5 Å². The topological polar surface area (TPSA) is 38.8 Å². The Hall–Kier alpha value is -1.38. The number of ether oxygens (including phenoxy) is 1. The molecule has 2 heterocycles. The Kier molecular flexibility index (Phi) is 2.45. The summed E-state index contributed by atoms with van der Waals surface area (Å²) in [5, 5.41) is 0. The van der Waals surface area contributed by atoms with Crippen molar-refractivity contribution in [2.75, 3.05) is 13.6 Å². The molecule has 1 aromatic carbocycles. The Labute approximate surface area is 131 Å². The van der Waals surface area contributed by atoms with Crippen molar-refractivity contribution in [3.05, 3.63) is 35.4 Å². The number of likely N-dealkylation sites (N-methyl/N-ethyl adjacent to an activating group) is 1. The van der Waals surface area contributed by atoms with Crippen LogP contribution >= 0.6 is 9.47 Å². The molecule has 2 aliphatic heterocycles. The van der Waals surface area contributed by atoms with Crippen LogP contribution in [0.3, 0.4) is 0 Å². The van der Waals surface area contributed by atoms with Crippen LogP contribution in [0.1, 0.15) is 17.5 Å². The van der Waals surface area contributed by atoms with Gasteiger partial charge < -0.3 is 14.2 Å². The lowest BCUT2D eigenvalue weighted by atomic mass is 9.53. The molecule has 1 spiro atoms. The minimum Gasteiger partial charge on any atom is -0.477 e. The summed E-state index contributed by atoms with van der Waals surface area (Å²) < 4.78 is 11.6. The van der Waals surface area contributed by atoms with E-state index < -0.39 is 0 Å². The van der Waals surface area contributed by atoms with Gasteiger partial charge in [-0.2, -0.15) is 0 Å². The number of carbonyl (C=O) groups is 1. The van der Waals surface area contributed by atoms with Gasteiger partial charge in [-0.25, -0.2) is 0 Å². The number of carbonyl (C=O) groups excluding carboxylic acids is 1. The van der Waals surface area contributed by atoms with E-state index in [4.69, 9.17) is 9.26 Å². The molecule has 22 heavy (non-hydrogen) atoms. The first-order valence-corrected chi connectivity index (χ1v) is 8.26. The molecule has 2 unspecified atom stereocenters. The van der Waals surface area contributed by atoms with Crippen LogP contribution in [-0.4, -0.2) is 36.4 Å². The van der Waals surface area contributed by atoms with Gasteiger partial charge in [0.1, 0.15) is 0 Å². The lowest BCUT2D eigenvalue weighted by Gasteiger charge is -2.55. The zero-order valence-corrected chi connectivity index (χ0v) is 13.6. The number of hydrogen-bond acceptors (Lipinski definition) is 4. The Morgan fingerprint density at radius 2 is 2.32 bits per heavy atom. The number of rotatable bonds is 1. The van der Waals surface area contributed by atoms with E-state index in [0.717, 1.165) is 30.9 Å². The molecule has 0 saturated carbocycles. The zero-order chi connectivity index (χ0) is 15.1. The molecule has 2 bridgehead atoms. The van der Waals surface area contributed by atoms with Gasteiger partial charge in [0.05, 0.1) is 14.9 Å². The van der Waals surface area contributed by atoms with Gasteiger partial charge in [-0.05, 0) is 44.1 Å². The molecule has 0 radical (unpaired) electrons. The third kappa shape index (κ3) is 1.30. The fourth-order valence-corrected chi connectivity index (χ4v) is 5.35. The Morgan fingerprint density at radius 1 is 1.45 bits per heavy atom. The molecular weight excluding hydrogens is 297 g/mol. The van der Waals surface area contributed by atoms with E-state index in [9.17, 15) is 4.79 Å². The van der Waals surface area contributed by atoms with Gasteiger partial charge in [-0.3, -0.25) is 4.79 Å². The second-order valence-electron chi connectivity index (χ2n) is 6.87. The number of benzene rings is 1. The highest BCUT2D eigenvalue weighted by molar-refractivity contribution is 7.10. The lowest BCUT2D eigenvalue weighted by molar-refractivity contribution is -0.127. The molecule has 5 heteroatoms.